The summed E-state index contributed by atoms with van der Waals surface area (Å²) >= 11 is 1.56. The summed E-state index contributed by atoms with van der Waals surface area (Å²) in [6.07, 6.45) is 3.61. The van der Waals surface area contributed by atoms with Gasteiger partial charge in [-0.1, -0.05) is 41.7 Å². The van der Waals surface area contributed by atoms with Crippen LogP contribution in [0.4, 0.5) is 5.13 Å². The van der Waals surface area contributed by atoms with Crippen LogP contribution in [0.2, 0.25) is 0 Å². The molecule has 0 aliphatic carbocycles. The van der Waals surface area contributed by atoms with Gasteiger partial charge in [-0.3, -0.25) is 4.98 Å². The van der Waals surface area contributed by atoms with E-state index in [-0.39, 0.29) is 6.04 Å². The van der Waals surface area contributed by atoms with Gasteiger partial charge in [0.15, 0.2) is 0 Å². The molecule has 100 valence electrons. The molecule has 1 unspecified atom stereocenters. The quantitative estimate of drug-likeness (QED) is 0.796. The number of aromatic nitrogens is 3. The van der Waals surface area contributed by atoms with Crippen LogP contribution in [0.5, 0.6) is 0 Å². The van der Waals surface area contributed by atoms with Gasteiger partial charge in [0.1, 0.15) is 5.01 Å². The van der Waals surface area contributed by atoms with Gasteiger partial charge in [0.25, 0.3) is 0 Å². The first-order valence-corrected chi connectivity index (χ1v) is 7.16. The number of anilines is 1. The molecule has 1 N–H and O–H groups in total. The van der Waals surface area contributed by atoms with E-state index >= 15 is 0 Å². The molecule has 3 rings (SSSR count). The van der Waals surface area contributed by atoms with E-state index in [1.165, 1.54) is 5.56 Å². The van der Waals surface area contributed by atoms with E-state index in [4.69, 9.17) is 0 Å². The molecule has 2 aromatic heterocycles. The number of benzene rings is 1. The minimum Gasteiger partial charge on any atom is -0.349 e. The fraction of sp³-hybridized carbons (Fsp3) is 0.133. The summed E-state index contributed by atoms with van der Waals surface area (Å²) in [6.45, 7) is 1.95. The highest BCUT2D eigenvalue weighted by atomic mass is 32.1. The molecule has 3 aromatic rings. The molecule has 1 aromatic carbocycles. The van der Waals surface area contributed by atoms with Crippen LogP contribution in [0.25, 0.3) is 0 Å². The second kappa shape index (κ2) is 5.79. The lowest BCUT2D eigenvalue weighted by Gasteiger charge is -2.18. The Balaban J connectivity index is 1.96. The first kappa shape index (κ1) is 12.7. The Kier molecular flexibility index (Phi) is 3.69. The smallest absolute Gasteiger partial charge is 0.206 e. The minimum atomic E-state index is 0.0477. The predicted octanol–water partition coefficient (Wildman–Crippen LogP) is 3.44. The molecular formula is C15H14N4S. The number of pyridine rings is 1. The van der Waals surface area contributed by atoms with E-state index in [1.54, 1.807) is 23.7 Å². The van der Waals surface area contributed by atoms with E-state index in [0.717, 1.165) is 15.7 Å². The van der Waals surface area contributed by atoms with Crippen LogP contribution in [-0.4, -0.2) is 15.2 Å². The Hall–Kier alpha value is -2.27. The molecule has 4 nitrogen and oxygen atoms in total. The van der Waals surface area contributed by atoms with Crippen molar-refractivity contribution >= 4 is 16.5 Å². The lowest BCUT2D eigenvalue weighted by molar-refractivity contribution is 0.916. The predicted molar refractivity (Wildman–Crippen MR) is 80.8 cm³/mol. The Morgan fingerprint density at radius 3 is 2.30 bits per heavy atom. The van der Waals surface area contributed by atoms with Crippen LogP contribution in [0.3, 0.4) is 0 Å². The number of hydrogen-bond acceptors (Lipinski definition) is 5. The molecule has 20 heavy (non-hydrogen) atoms. The van der Waals surface area contributed by atoms with Gasteiger partial charge in [-0.2, -0.15) is 0 Å². The van der Waals surface area contributed by atoms with Crippen LogP contribution in [0.15, 0.2) is 54.9 Å². The van der Waals surface area contributed by atoms with Gasteiger partial charge < -0.3 is 5.32 Å². The third kappa shape index (κ3) is 2.83. The molecule has 0 amide bonds. The lowest BCUT2D eigenvalue weighted by Crippen LogP contribution is -2.12. The van der Waals surface area contributed by atoms with Crippen molar-refractivity contribution in [2.24, 2.45) is 0 Å². The van der Waals surface area contributed by atoms with Crippen molar-refractivity contribution in [1.82, 2.24) is 15.2 Å². The monoisotopic (exact) mass is 282 g/mol. The summed E-state index contributed by atoms with van der Waals surface area (Å²) in [4.78, 5) is 4.08. The Morgan fingerprint density at radius 1 is 0.950 bits per heavy atom. The van der Waals surface area contributed by atoms with Crippen LogP contribution in [0, 0.1) is 6.92 Å². The van der Waals surface area contributed by atoms with E-state index in [0.29, 0.717) is 0 Å². The van der Waals surface area contributed by atoms with E-state index in [1.807, 2.05) is 37.3 Å². The summed E-state index contributed by atoms with van der Waals surface area (Å²) in [7, 11) is 0. The molecule has 0 saturated heterocycles. The number of hydrogen-bond donors (Lipinski definition) is 1. The Morgan fingerprint density at radius 2 is 1.65 bits per heavy atom. The van der Waals surface area contributed by atoms with Crippen molar-refractivity contribution in [3.63, 3.8) is 0 Å². The Bertz CT molecular complexity index is 627. The number of rotatable bonds is 4. The molecule has 0 bridgehead atoms. The van der Waals surface area contributed by atoms with Crippen molar-refractivity contribution in [2.75, 3.05) is 5.32 Å². The number of nitrogens with zero attached hydrogens (tertiary/aromatic N) is 3. The molecule has 1 atom stereocenters. The zero-order valence-electron chi connectivity index (χ0n) is 11.0. The molecule has 5 heteroatoms. The average molecular weight is 282 g/mol. The second-order valence-electron chi connectivity index (χ2n) is 4.39. The SMILES string of the molecule is Cc1nnc(NC(c2ccccc2)c2ccncc2)s1. The fourth-order valence-electron chi connectivity index (χ4n) is 2.04. The molecule has 0 radical (unpaired) electrons. The summed E-state index contributed by atoms with van der Waals surface area (Å²) in [5, 5.41) is 13.4. The fourth-order valence-corrected chi connectivity index (χ4v) is 2.66. The topological polar surface area (TPSA) is 50.7 Å². The van der Waals surface area contributed by atoms with E-state index in [9.17, 15) is 0 Å². The van der Waals surface area contributed by atoms with Crippen LogP contribution in [0.1, 0.15) is 22.2 Å². The van der Waals surface area contributed by atoms with Gasteiger partial charge in [-0.15, -0.1) is 10.2 Å². The normalized spacial score (nSPS) is 12.1. The zero-order valence-corrected chi connectivity index (χ0v) is 11.8. The van der Waals surface area contributed by atoms with Crippen LogP contribution in [-0.2, 0) is 0 Å². The molecule has 0 aliphatic heterocycles. The molecular weight excluding hydrogens is 268 g/mol. The highest BCUT2D eigenvalue weighted by molar-refractivity contribution is 7.15. The van der Waals surface area contributed by atoms with Gasteiger partial charge in [-0.05, 0) is 30.2 Å². The summed E-state index contributed by atoms with van der Waals surface area (Å²) in [5.74, 6) is 0. The first-order valence-electron chi connectivity index (χ1n) is 6.34. The van der Waals surface area contributed by atoms with Gasteiger partial charge >= 0.3 is 0 Å². The Labute approximate surface area is 121 Å². The van der Waals surface area contributed by atoms with Crippen molar-refractivity contribution in [3.8, 4) is 0 Å². The van der Waals surface area contributed by atoms with Crippen molar-refractivity contribution in [3.05, 3.63) is 71.0 Å². The third-order valence-electron chi connectivity index (χ3n) is 2.97. The van der Waals surface area contributed by atoms with Gasteiger partial charge in [-0.25, -0.2) is 0 Å². The third-order valence-corrected chi connectivity index (χ3v) is 3.74. The maximum absolute atomic E-state index is 4.15. The maximum atomic E-state index is 4.15. The standard InChI is InChI=1S/C15H14N4S/c1-11-18-19-15(20-11)17-14(12-5-3-2-4-6-12)13-7-9-16-10-8-13/h2-10,14H,1H3,(H,17,19). The minimum absolute atomic E-state index is 0.0477. The van der Waals surface area contributed by atoms with Gasteiger partial charge in [0.05, 0.1) is 6.04 Å². The molecule has 0 fully saturated rings. The van der Waals surface area contributed by atoms with Gasteiger partial charge in [0.2, 0.25) is 5.13 Å². The van der Waals surface area contributed by atoms with Crippen molar-refractivity contribution in [1.29, 1.82) is 0 Å². The number of nitrogens with one attached hydrogen (secondary N) is 1. The highest BCUT2D eigenvalue weighted by Crippen LogP contribution is 2.27. The molecule has 2 heterocycles. The maximum Gasteiger partial charge on any atom is 0.206 e. The van der Waals surface area contributed by atoms with Gasteiger partial charge in [0, 0.05) is 12.4 Å². The summed E-state index contributed by atoms with van der Waals surface area (Å²) < 4.78 is 0. The molecule has 0 saturated carbocycles. The van der Waals surface area contributed by atoms with Crippen LogP contribution >= 0.6 is 11.3 Å². The summed E-state index contributed by atoms with van der Waals surface area (Å²) in [5.41, 5.74) is 2.34. The molecule has 0 spiro atoms. The first-order chi connectivity index (χ1) is 9.83. The highest BCUT2D eigenvalue weighted by Gasteiger charge is 2.15. The van der Waals surface area contributed by atoms with Crippen molar-refractivity contribution < 1.29 is 0 Å². The summed E-state index contributed by atoms with van der Waals surface area (Å²) in [6, 6.07) is 14.4. The zero-order chi connectivity index (χ0) is 13.8. The molecule has 0 aliphatic rings. The number of aryl methyl sites for hydroxylation is 1. The van der Waals surface area contributed by atoms with E-state index < -0.39 is 0 Å². The average Bonchev–Trinajstić information content (AvgIpc) is 2.92. The second-order valence-corrected chi connectivity index (χ2v) is 5.58. The van der Waals surface area contributed by atoms with E-state index in [2.05, 4.69) is 32.6 Å². The lowest BCUT2D eigenvalue weighted by atomic mass is 10.00. The van der Waals surface area contributed by atoms with Crippen molar-refractivity contribution in [2.45, 2.75) is 13.0 Å². The van der Waals surface area contributed by atoms with Crippen LogP contribution < -0.4 is 5.32 Å². The largest absolute Gasteiger partial charge is 0.349 e.